The molecule has 24 heavy (non-hydrogen) atoms. The Hall–Kier alpha value is -2.66. The summed E-state index contributed by atoms with van der Waals surface area (Å²) in [7, 11) is 0. The minimum Gasteiger partial charge on any atom is -0.337 e. The van der Waals surface area contributed by atoms with Crippen LogP contribution in [-0.4, -0.2) is 33.3 Å². The molecule has 1 aliphatic rings. The van der Waals surface area contributed by atoms with Gasteiger partial charge < -0.3 is 15.0 Å². The second-order valence-corrected chi connectivity index (χ2v) is 6.28. The molecule has 5 nitrogen and oxygen atoms in total. The van der Waals surface area contributed by atoms with Crippen molar-refractivity contribution in [1.29, 1.82) is 0 Å². The van der Waals surface area contributed by atoms with E-state index in [9.17, 15) is 4.79 Å². The first-order chi connectivity index (χ1) is 11.7. The average molecular weight is 320 g/mol. The van der Waals surface area contributed by atoms with Gasteiger partial charge >= 0.3 is 0 Å². The number of amides is 1. The van der Waals surface area contributed by atoms with E-state index >= 15 is 0 Å². The summed E-state index contributed by atoms with van der Waals surface area (Å²) in [6.45, 7) is 2.01. The minimum atomic E-state index is 0.00595. The van der Waals surface area contributed by atoms with Gasteiger partial charge in [-0.05, 0) is 23.6 Å². The number of benzene rings is 1. The van der Waals surface area contributed by atoms with Gasteiger partial charge in [-0.2, -0.15) is 0 Å². The number of pyridine rings is 1. The second kappa shape index (κ2) is 6.09. The highest BCUT2D eigenvalue weighted by Gasteiger charge is 2.29. The van der Waals surface area contributed by atoms with E-state index < -0.39 is 0 Å². The molecule has 2 aromatic heterocycles. The van der Waals surface area contributed by atoms with Gasteiger partial charge in [0.2, 0.25) is 0 Å². The smallest absolute Gasteiger partial charge is 0.274 e. The molecule has 3 heterocycles. The fourth-order valence-corrected chi connectivity index (χ4v) is 3.37. The molecule has 1 aromatic carbocycles. The molecule has 4 rings (SSSR count). The third kappa shape index (κ3) is 2.67. The van der Waals surface area contributed by atoms with Crippen molar-refractivity contribution in [3.8, 4) is 0 Å². The molecule has 3 aromatic rings. The summed E-state index contributed by atoms with van der Waals surface area (Å²) in [5.74, 6) is 0.419. The Morgan fingerprint density at radius 1 is 1.17 bits per heavy atom. The molecule has 0 saturated carbocycles. The molecular formula is C19H20N4O. The van der Waals surface area contributed by atoms with Crippen LogP contribution in [0.5, 0.6) is 0 Å². The summed E-state index contributed by atoms with van der Waals surface area (Å²) >= 11 is 0. The van der Waals surface area contributed by atoms with Crippen molar-refractivity contribution in [1.82, 2.24) is 14.3 Å². The summed E-state index contributed by atoms with van der Waals surface area (Å²) in [4.78, 5) is 19.1. The summed E-state index contributed by atoms with van der Waals surface area (Å²) in [5, 5.41) is 0. The highest BCUT2D eigenvalue weighted by Crippen LogP contribution is 2.27. The predicted octanol–water partition coefficient (Wildman–Crippen LogP) is 2.42. The van der Waals surface area contributed by atoms with Crippen molar-refractivity contribution in [3.05, 3.63) is 71.7 Å². The van der Waals surface area contributed by atoms with Crippen molar-refractivity contribution in [2.75, 3.05) is 13.1 Å². The Bertz CT molecular complexity index is 871. The first-order valence-electron chi connectivity index (χ1n) is 8.26. The van der Waals surface area contributed by atoms with Gasteiger partial charge in [-0.15, -0.1) is 0 Å². The fraction of sp³-hybridized carbons (Fsp3) is 0.263. The van der Waals surface area contributed by atoms with E-state index in [1.54, 1.807) is 6.20 Å². The number of hydrogen-bond donors (Lipinski definition) is 1. The number of nitrogens with two attached hydrogens (primary N) is 1. The monoisotopic (exact) mass is 320 g/mol. The number of likely N-dealkylation sites (tertiary alicyclic amines) is 1. The molecule has 5 heteroatoms. The lowest BCUT2D eigenvalue weighted by Crippen LogP contribution is -2.28. The summed E-state index contributed by atoms with van der Waals surface area (Å²) in [6.07, 6.45) is 4.73. The van der Waals surface area contributed by atoms with Crippen LogP contribution in [0.15, 0.2) is 54.9 Å². The van der Waals surface area contributed by atoms with E-state index in [1.807, 2.05) is 33.7 Å². The van der Waals surface area contributed by atoms with Crippen LogP contribution < -0.4 is 5.73 Å². The van der Waals surface area contributed by atoms with Gasteiger partial charge in [-0.3, -0.25) is 4.79 Å². The van der Waals surface area contributed by atoms with Crippen molar-refractivity contribution in [2.45, 2.75) is 18.9 Å². The number of nitrogens with zero attached hydrogens (tertiary/aromatic N) is 3. The van der Waals surface area contributed by atoms with E-state index in [2.05, 4.69) is 29.2 Å². The van der Waals surface area contributed by atoms with Crippen LogP contribution in [0.4, 0.5) is 0 Å². The van der Waals surface area contributed by atoms with Crippen LogP contribution in [-0.2, 0) is 6.54 Å². The van der Waals surface area contributed by atoms with Gasteiger partial charge in [0.05, 0.1) is 0 Å². The summed E-state index contributed by atoms with van der Waals surface area (Å²) < 4.78 is 1.88. The number of carbonyl (C=O) groups excluding carboxylic acids is 1. The van der Waals surface area contributed by atoms with Gasteiger partial charge in [0.15, 0.2) is 0 Å². The average Bonchev–Trinajstić information content (AvgIpc) is 3.28. The lowest BCUT2D eigenvalue weighted by molar-refractivity contribution is 0.0785. The SMILES string of the molecule is NCc1ccc2nc(C(=O)N3CCC(c4ccccc4)C3)cn2c1. The standard InChI is InChI=1S/C19H20N4O/c20-10-14-6-7-18-21-17(13-23(18)11-14)19(24)22-9-8-16(12-22)15-4-2-1-3-5-15/h1-7,11,13,16H,8-10,12,20H2. The van der Waals surface area contributed by atoms with Gasteiger partial charge in [-0.25, -0.2) is 4.98 Å². The number of imidazole rings is 1. The predicted molar refractivity (Wildman–Crippen MR) is 92.8 cm³/mol. The number of rotatable bonds is 3. The van der Waals surface area contributed by atoms with E-state index in [1.165, 1.54) is 5.56 Å². The first kappa shape index (κ1) is 14.9. The molecule has 122 valence electrons. The van der Waals surface area contributed by atoms with Crippen LogP contribution in [0.3, 0.4) is 0 Å². The zero-order valence-corrected chi connectivity index (χ0v) is 13.4. The number of hydrogen-bond acceptors (Lipinski definition) is 3. The number of aromatic nitrogens is 2. The fourth-order valence-electron chi connectivity index (χ4n) is 3.37. The third-order valence-electron chi connectivity index (χ3n) is 4.71. The highest BCUT2D eigenvalue weighted by molar-refractivity contribution is 5.93. The summed E-state index contributed by atoms with van der Waals surface area (Å²) in [5.41, 5.74) is 9.26. The van der Waals surface area contributed by atoms with Crippen LogP contribution in [0, 0.1) is 0 Å². The van der Waals surface area contributed by atoms with Crippen molar-refractivity contribution in [3.63, 3.8) is 0 Å². The molecule has 0 aliphatic carbocycles. The van der Waals surface area contributed by atoms with Crippen LogP contribution in [0.25, 0.3) is 5.65 Å². The second-order valence-electron chi connectivity index (χ2n) is 6.28. The maximum atomic E-state index is 12.8. The largest absolute Gasteiger partial charge is 0.337 e. The van der Waals surface area contributed by atoms with Gasteiger partial charge in [0, 0.05) is 37.9 Å². The molecule has 1 fully saturated rings. The third-order valence-corrected chi connectivity index (χ3v) is 4.71. The molecule has 1 saturated heterocycles. The Morgan fingerprint density at radius 3 is 2.79 bits per heavy atom. The Kier molecular flexibility index (Phi) is 3.78. The normalized spacial score (nSPS) is 17.5. The minimum absolute atomic E-state index is 0.00595. The van der Waals surface area contributed by atoms with Crippen LogP contribution >= 0.6 is 0 Å². The molecule has 1 atom stereocenters. The molecule has 2 N–H and O–H groups in total. The maximum Gasteiger partial charge on any atom is 0.274 e. The molecule has 0 bridgehead atoms. The molecule has 1 amide bonds. The lowest BCUT2D eigenvalue weighted by Gasteiger charge is -2.15. The first-order valence-corrected chi connectivity index (χ1v) is 8.26. The zero-order valence-electron chi connectivity index (χ0n) is 13.4. The quantitative estimate of drug-likeness (QED) is 0.806. The Balaban J connectivity index is 1.54. The molecule has 1 aliphatic heterocycles. The van der Waals surface area contributed by atoms with Crippen LogP contribution in [0.1, 0.15) is 34.0 Å². The number of carbonyl (C=O) groups is 1. The molecule has 0 radical (unpaired) electrons. The van der Waals surface area contributed by atoms with E-state index in [0.29, 0.717) is 18.2 Å². The number of fused-ring (bicyclic) bond motifs is 1. The van der Waals surface area contributed by atoms with Crippen molar-refractivity contribution in [2.24, 2.45) is 5.73 Å². The zero-order chi connectivity index (χ0) is 16.5. The maximum absolute atomic E-state index is 12.8. The van der Waals surface area contributed by atoms with E-state index in [-0.39, 0.29) is 5.91 Å². The summed E-state index contributed by atoms with van der Waals surface area (Å²) in [6, 6.07) is 14.2. The topological polar surface area (TPSA) is 63.6 Å². The molecule has 1 unspecified atom stereocenters. The molecular weight excluding hydrogens is 300 g/mol. The van der Waals surface area contributed by atoms with Gasteiger partial charge in [0.25, 0.3) is 5.91 Å². The molecule has 0 spiro atoms. The Labute approximate surface area is 140 Å². The van der Waals surface area contributed by atoms with Crippen molar-refractivity contribution < 1.29 is 4.79 Å². The van der Waals surface area contributed by atoms with Gasteiger partial charge in [-0.1, -0.05) is 36.4 Å². The van der Waals surface area contributed by atoms with E-state index in [4.69, 9.17) is 5.73 Å². The Morgan fingerprint density at radius 2 is 2.00 bits per heavy atom. The lowest BCUT2D eigenvalue weighted by atomic mass is 9.99. The van der Waals surface area contributed by atoms with Crippen LogP contribution in [0.2, 0.25) is 0 Å². The van der Waals surface area contributed by atoms with Crippen molar-refractivity contribution >= 4 is 11.6 Å². The van der Waals surface area contributed by atoms with E-state index in [0.717, 1.165) is 30.7 Å². The highest BCUT2D eigenvalue weighted by atomic mass is 16.2. The van der Waals surface area contributed by atoms with Gasteiger partial charge in [0.1, 0.15) is 11.3 Å².